The molecule has 0 radical (unpaired) electrons. The molecule has 0 unspecified atom stereocenters. The molecule has 0 saturated carbocycles. The van der Waals surface area contributed by atoms with E-state index in [1.165, 1.54) is 24.8 Å². The topological polar surface area (TPSA) is 102 Å². The predicted molar refractivity (Wildman–Crippen MR) is 218 cm³/mol. The molecule has 11 heteroatoms. The number of ether oxygens (including phenoxy) is 11. The molecule has 0 fully saturated rings. The molecular formula is C43H84O11. The summed E-state index contributed by atoms with van der Waals surface area (Å²) in [6, 6.07) is 0. The molecule has 0 aliphatic heterocycles. The maximum atomic E-state index is 6.00. The molecule has 11 atom stereocenters. The minimum atomic E-state index is -0.0813. The van der Waals surface area contributed by atoms with Gasteiger partial charge in [0.25, 0.3) is 0 Å². The van der Waals surface area contributed by atoms with E-state index in [-0.39, 0.29) is 67.1 Å². The van der Waals surface area contributed by atoms with Crippen molar-refractivity contribution in [3.05, 3.63) is 24.3 Å². The average molecular weight is 777 g/mol. The van der Waals surface area contributed by atoms with Gasteiger partial charge in [0, 0.05) is 91.0 Å². The Hall–Kier alpha value is -0.960. The maximum absolute atomic E-state index is 6.00. The summed E-state index contributed by atoms with van der Waals surface area (Å²) in [5, 5.41) is 0. The Labute approximate surface area is 331 Å². The van der Waals surface area contributed by atoms with Crippen LogP contribution in [0.15, 0.2) is 24.3 Å². The number of unbranched alkanes of at least 4 members (excludes halogenated alkanes) is 3. The Morgan fingerprint density at radius 1 is 0.407 bits per heavy atom. The Balaban J connectivity index is 5.36. The first-order valence-corrected chi connectivity index (χ1v) is 20.2. The van der Waals surface area contributed by atoms with Gasteiger partial charge in [0.1, 0.15) is 0 Å². The normalized spacial score (nSPS) is 18.6. The summed E-state index contributed by atoms with van der Waals surface area (Å²) in [6.45, 7) is 8.23. The predicted octanol–water partition coefficient (Wildman–Crippen LogP) is 8.16. The molecule has 0 spiro atoms. The van der Waals surface area contributed by atoms with Gasteiger partial charge in [-0.15, -0.1) is 6.58 Å². The molecule has 11 nitrogen and oxygen atoms in total. The van der Waals surface area contributed by atoms with E-state index >= 15 is 0 Å². The monoisotopic (exact) mass is 777 g/mol. The molecule has 0 aliphatic rings. The Morgan fingerprint density at radius 2 is 0.685 bits per heavy atom. The van der Waals surface area contributed by atoms with Gasteiger partial charge in [0.2, 0.25) is 0 Å². The highest BCUT2D eigenvalue weighted by atomic mass is 16.5. The van der Waals surface area contributed by atoms with E-state index in [2.05, 4.69) is 26.5 Å². The van der Waals surface area contributed by atoms with Crippen LogP contribution < -0.4 is 0 Å². The third kappa shape index (κ3) is 23.3. The molecule has 0 saturated heterocycles. The van der Waals surface area contributed by atoms with Gasteiger partial charge in [-0.05, 0) is 83.1 Å². The number of allylic oxidation sites excluding steroid dienone is 1. The molecule has 0 aromatic heterocycles. The first kappa shape index (κ1) is 53.0. The first-order chi connectivity index (χ1) is 26.1. The van der Waals surface area contributed by atoms with Crippen molar-refractivity contribution >= 4 is 0 Å². The summed E-state index contributed by atoms with van der Waals surface area (Å²) in [6.07, 6.45) is 16.6. The van der Waals surface area contributed by atoms with Crippen LogP contribution in [0.5, 0.6) is 0 Å². The summed E-state index contributed by atoms with van der Waals surface area (Å²) in [4.78, 5) is 0. The van der Waals surface area contributed by atoms with Crippen LogP contribution in [-0.2, 0) is 52.1 Å². The Morgan fingerprint density at radius 3 is 0.926 bits per heavy atom. The zero-order valence-electron chi connectivity index (χ0n) is 36.8. The van der Waals surface area contributed by atoms with Crippen molar-refractivity contribution in [1.82, 2.24) is 0 Å². The lowest BCUT2D eigenvalue weighted by molar-refractivity contribution is -0.0609. The maximum Gasteiger partial charge on any atom is 0.0803 e. The highest BCUT2D eigenvalue weighted by Crippen LogP contribution is 2.26. The van der Waals surface area contributed by atoms with Gasteiger partial charge in [-0.2, -0.15) is 0 Å². The van der Waals surface area contributed by atoms with E-state index in [9.17, 15) is 0 Å². The number of methoxy groups -OCH3 is 11. The van der Waals surface area contributed by atoms with Crippen LogP contribution in [0.1, 0.15) is 110 Å². The molecule has 0 aliphatic carbocycles. The van der Waals surface area contributed by atoms with E-state index in [4.69, 9.17) is 52.1 Å². The van der Waals surface area contributed by atoms with E-state index in [0.717, 1.165) is 44.9 Å². The van der Waals surface area contributed by atoms with Gasteiger partial charge in [-0.3, -0.25) is 0 Å². The quantitative estimate of drug-likeness (QED) is 0.0449. The lowest BCUT2D eigenvalue weighted by atomic mass is 9.93. The fourth-order valence-corrected chi connectivity index (χ4v) is 7.27. The minimum Gasteiger partial charge on any atom is -0.381 e. The minimum absolute atomic E-state index is 0.00413. The van der Waals surface area contributed by atoms with Crippen LogP contribution in [0, 0.1) is 0 Å². The number of hydrogen-bond donors (Lipinski definition) is 0. The Kier molecular flexibility index (Phi) is 33.5. The molecule has 0 heterocycles. The third-order valence-electron chi connectivity index (χ3n) is 11.0. The second-order valence-electron chi connectivity index (χ2n) is 14.6. The van der Waals surface area contributed by atoms with Crippen molar-refractivity contribution in [2.24, 2.45) is 0 Å². The molecular weight excluding hydrogens is 692 g/mol. The van der Waals surface area contributed by atoms with Crippen molar-refractivity contribution in [2.75, 3.05) is 78.2 Å². The van der Waals surface area contributed by atoms with E-state index < -0.39 is 0 Å². The van der Waals surface area contributed by atoms with Gasteiger partial charge in [-0.1, -0.05) is 31.9 Å². The SMILES string of the molecule is C=CC[C@@H](C[C@@H](C[C@@H](C[C@@H](C[C@@H](C[C@@H](C[C@@H](C[C@@H](C[C@@H](C[C@@H](C[C@H](OC)/C(C)=C/CCCCC)OC)OC)OC)OC)OC)OC)OC)OC)OC)OC. The highest BCUT2D eigenvalue weighted by molar-refractivity contribution is 5.06. The van der Waals surface area contributed by atoms with Crippen LogP contribution in [0.2, 0.25) is 0 Å². The van der Waals surface area contributed by atoms with Gasteiger partial charge < -0.3 is 52.1 Å². The highest BCUT2D eigenvalue weighted by Gasteiger charge is 2.29. The van der Waals surface area contributed by atoms with Crippen LogP contribution >= 0.6 is 0 Å². The van der Waals surface area contributed by atoms with Crippen LogP contribution in [-0.4, -0.2) is 145 Å². The molecule has 322 valence electrons. The van der Waals surface area contributed by atoms with Crippen LogP contribution in [0.3, 0.4) is 0 Å². The molecule has 0 rings (SSSR count). The lowest BCUT2D eigenvalue weighted by Crippen LogP contribution is -2.34. The number of hydrogen-bond acceptors (Lipinski definition) is 11. The zero-order valence-corrected chi connectivity index (χ0v) is 36.8. The smallest absolute Gasteiger partial charge is 0.0803 e. The molecule has 0 N–H and O–H groups in total. The second-order valence-corrected chi connectivity index (χ2v) is 14.6. The molecule has 54 heavy (non-hydrogen) atoms. The largest absolute Gasteiger partial charge is 0.381 e. The zero-order chi connectivity index (χ0) is 40.7. The van der Waals surface area contributed by atoms with Crippen molar-refractivity contribution < 1.29 is 52.1 Å². The van der Waals surface area contributed by atoms with Crippen LogP contribution in [0.25, 0.3) is 0 Å². The molecule has 0 bridgehead atoms. The summed E-state index contributed by atoms with van der Waals surface area (Å²) < 4.78 is 65.0. The molecule has 0 amide bonds. The molecule has 0 aromatic carbocycles. The van der Waals surface area contributed by atoms with Gasteiger partial charge in [0.05, 0.1) is 67.1 Å². The average Bonchev–Trinajstić information content (AvgIpc) is 3.20. The molecule has 0 aromatic rings. The third-order valence-corrected chi connectivity index (χ3v) is 11.0. The van der Waals surface area contributed by atoms with Crippen molar-refractivity contribution in [3.63, 3.8) is 0 Å². The fraction of sp³-hybridized carbons (Fsp3) is 0.907. The van der Waals surface area contributed by atoms with E-state index in [1.54, 1.807) is 78.2 Å². The summed E-state index contributed by atoms with van der Waals surface area (Å²) >= 11 is 0. The fourth-order valence-electron chi connectivity index (χ4n) is 7.27. The second kappa shape index (κ2) is 34.1. The van der Waals surface area contributed by atoms with E-state index in [0.29, 0.717) is 32.1 Å². The van der Waals surface area contributed by atoms with E-state index in [1.807, 2.05) is 6.08 Å². The van der Waals surface area contributed by atoms with Crippen molar-refractivity contribution in [1.29, 1.82) is 0 Å². The standard InChI is InChI=1S/C43H84O11/c1-15-17-18-19-21-32(3)43(54-14)31-42(53-13)30-41(52-12)29-40(51-11)28-39(50-10)27-38(49-9)26-37(48-8)25-36(47-7)24-35(46-6)23-34(45-5)22-33(44-4)20-16-2/h16,21,33-43H,2,15,17-20,22-31H2,1,3-14H3/b32-21+/t33-,34-,35-,36-,37-,38-,39-,40-,41-,42-,43-/m0/s1. The van der Waals surface area contributed by atoms with Gasteiger partial charge in [-0.25, -0.2) is 0 Å². The summed E-state index contributed by atoms with van der Waals surface area (Å²) in [5.41, 5.74) is 1.26. The van der Waals surface area contributed by atoms with Gasteiger partial charge in [0.15, 0.2) is 0 Å². The number of rotatable bonds is 38. The van der Waals surface area contributed by atoms with Crippen LogP contribution in [0.4, 0.5) is 0 Å². The van der Waals surface area contributed by atoms with Crippen molar-refractivity contribution in [2.45, 2.75) is 177 Å². The Bertz CT molecular complexity index is 889. The van der Waals surface area contributed by atoms with Gasteiger partial charge >= 0.3 is 0 Å². The van der Waals surface area contributed by atoms with Crippen molar-refractivity contribution in [3.8, 4) is 0 Å². The lowest BCUT2D eigenvalue weighted by Gasteiger charge is -2.31. The summed E-state index contributed by atoms with van der Waals surface area (Å²) in [7, 11) is 19.3. The first-order valence-electron chi connectivity index (χ1n) is 20.2. The summed E-state index contributed by atoms with van der Waals surface area (Å²) in [5.74, 6) is 0.